The highest BCUT2D eigenvalue weighted by atomic mass is 16.6. The van der Waals surface area contributed by atoms with Gasteiger partial charge in [-0.1, -0.05) is 0 Å². The molecule has 9 heteroatoms. The van der Waals surface area contributed by atoms with Crippen LogP contribution in [0.4, 0.5) is 4.79 Å². The maximum Gasteiger partial charge on any atom is 0.411 e. The fourth-order valence-electron chi connectivity index (χ4n) is 3.78. The van der Waals surface area contributed by atoms with Gasteiger partial charge in [0.05, 0.1) is 31.9 Å². The molecule has 1 aromatic carbocycles. The molecule has 174 valence electrons. The van der Waals surface area contributed by atoms with E-state index in [1.165, 1.54) is 4.90 Å². The third-order valence-electron chi connectivity index (χ3n) is 5.27. The molecule has 2 aromatic heterocycles. The lowest BCUT2D eigenvalue weighted by atomic mass is 10.1. The number of hydrogen-bond donors (Lipinski definition) is 1. The van der Waals surface area contributed by atoms with Crippen LogP contribution in [0.3, 0.4) is 0 Å². The fraction of sp³-hybridized carbons (Fsp3) is 0.375. The van der Waals surface area contributed by atoms with Gasteiger partial charge in [-0.05, 0) is 56.5 Å². The van der Waals surface area contributed by atoms with Crippen LogP contribution in [0.5, 0.6) is 11.6 Å². The number of furan rings is 1. The number of fused-ring (bicyclic) bond motifs is 1. The number of likely N-dealkylation sites (tertiary alicyclic amines) is 1. The highest BCUT2D eigenvalue weighted by Gasteiger charge is 2.43. The fourth-order valence-corrected chi connectivity index (χ4v) is 3.78. The molecule has 9 nitrogen and oxygen atoms in total. The zero-order chi connectivity index (χ0) is 23.8. The van der Waals surface area contributed by atoms with Crippen molar-refractivity contribution in [2.24, 2.45) is 0 Å². The van der Waals surface area contributed by atoms with Gasteiger partial charge in [0.15, 0.2) is 0 Å². The van der Waals surface area contributed by atoms with Gasteiger partial charge in [-0.2, -0.15) is 0 Å². The van der Waals surface area contributed by atoms with Gasteiger partial charge >= 0.3 is 12.1 Å². The Morgan fingerprint density at radius 3 is 2.64 bits per heavy atom. The molecule has 1 amide bonds. The number of carbonyl (C=O) groups is 2. The highest BCUT2D eigenvalue weighted by molar-refractivity contribution is 5.91. The number of carboxylic acids is 1. The van der Waals surface area contributed by atoms with Crippen LogP contribution in [0.15, 0.2) is 47.3 Å². The van der Waals surface area contributed by atoms with Crippen LogP contribution in [-0.2, 0) is 9.53 Å². The average Bonchev–Trinajstić information content (AvgIpc) is 3.42. The van der Waals surface area contributed by atoms with Crippen LogP contribution in [0, 0.1) is 0 Å². The Morgan fingerprint density at radius 2 is 2.00 bits per heavy atom. The van der Waals surface area contributed by atoms with Gasteiger partial charge in [0, 0.05) is 17.4 Å². The van der Waals surface area contributed by atoms with E-state index in [9.17, 15) is 14.7 Å². The molecule has 1 aliphatic rings. The van der Waals surface area contributed by atoms with Crippen molar-refractivity contribution in [1.82, 2.24) is 9.88 Å². The number of aromatic nitrogens is 1. The van der Waals surface area contributed by atoms with Crippen LogP contribution in [0.25, 0.3) is 22.0 Å². The van der Waals surface area contributed by atoms with E-state index in [2.05, 4.69) is 4.98 Å². The summed E-state index contributed by atoms with van der Waals surface area (Å²) in [6.07, 6.45) is 1.99. The Kier molecular flexibility index (Phi) is 5.88. The summed E-state index contributed by atoms with van der Waals surface area (Å²) in [5.74, 6) is -0.0890. The number of rotatable bonds is 5. The number of methoxy groups -OCH3 is 1. The topological polar surface area (TPSA) is 111 Å². The van der Waals surface area contributed by atoms with Crippen molar-refractivity contribution in [2.75, 3.05) is 13.7 Å². The molecule has 0 radical (unpaired) electrons. The van der Waals surface area contributed by atoms with E-state index in [0.29, 0.717) is 17.3 Å². The van der Waals surface area contributed by atoms with Crippen LogP contribution >= 0.6 is 0 Å². The van der Waals surface area contributed by atoms with Crippen molar-refractivity contribution < 1.29 is 33.3 Å². The van der Waals surface area contributed by atoms with Crippen molar-refractivity contribution >= 4 is 22.8 Å². The van der Waals surface area contributed by atoms with Crippen molar-refractivity contribution in [3.05, 3.63) is 42.9 Å². The maximum absolute atomic E-state index is 12.6. The number of nitrogens with zero attached hydrogens (tertiary/aromatic N) is 2. The second kappa shape index (κ2) is 8.65. The van der Waals surface area contributed by atoms with E-state index in [0.717, 1.165) is 16.3 Å². The Bertz CT molecular complexity index is 1170. The normalized spacial score (nSPS) is 18.4. The molecule has 1 saturated heterocycles. The van der Waals surface area contributed by atoms with Gasteiger partial charge in [-0.25, -0.2) is 14.6 Å². The summed E-state index contributed by atoms with van der Waals surface area (Å²) < 4.78 is 22.1. The maximum atomic E-state index is 12.6. The minimum atomic E-state index is -1.11. The molecule has 4 rings (SSSR count). The van der Waals surface area contributed by atoms with E-state index in [1.54, 1.807) is 52.5 Å². The molecule has 33 heavy (non-hydrogen) atoms. The lowest BCUT2D eigenvalue weighted by Crippen LogP contribution is -2.43. The Labute approximate surface area is 190 Å². The Balaban J connectivity index is 1.66. The predicted octanol–water partition coefficient (Wildman–Crippen LogP) is 4.34. The van der Waals surface area contributed by atoms with Gasteiger partial charge in [-0.15, -0.1) is 0 Å². The first-order valence-corrected chi connectivity index (χ1v) is 10.5. The number of hydrogen-bond acceptors (Lipinski definition) is 7. The van der Waals surface area contributed by atoms with Crippen LogP contribution in [0.1, 0.15) is 27.2 Å². The summed E-state index contributed by atoms with van der Waals surface area (Å²) >= 11 is 0. The Hall–Kier alpha value is -3.75. The van der Waals surface area contributed by atoms with E-state index in [4.69, 9.17) is 18.6 Å². The Morgan fingerprint density at radius 1 is 1.21 bits per heavy atom. The van der Waals surface area contributed by atoms with Crippen LogP contribution in [0.2, 0.25) is 0 Å². The summed E-state index contributed by atoms with van der Waals surface area (Å²) in [5, 5.41) is 11.2. The first kappa shape index (κ1) is 22.4. The molecule has 2 atom stereocenters. The third kappa shape index (κ3) is 4.87. The molecule has 3 heterocycles. The highest BCUT2D eigenvalue weighted by Crippen LogP contribution is 2.34. The third-order valence-corrected chi connectivity index (χ3v) is 5.27. The second-order valence-electron chi connectivity index (χ2n) is 8.87. The predicted molar refractivity (Wildman–Crippen MR) is 119 cm³/mol. The quantitative estimate of drug-likeness (QED) is 0.606. The van der Waals surface area contributed by atoms with Crippen LogP contribution < -0.4 is 9.47 Å². The molecule has 1 N–H and O–H groups in total. The van der Waals surface area contributed by atoms with E-state index < -0.39 is 29.8 Å². The smallest absolute Gasteiger partial charge is 0.411 e. The number of carboxylic acid groups (broad SMARTS) is 1. The van der Waals surface area contributed by atoms with Gasteiger partial charge in [0.1, 0.15) is 23.5 Å². The van der Waals surface area contributed by atoms with Gasteiger partial charge in [0.25, 0.3) is 0 Å². The standard InChI is InChI=1S/C24H26N2O7/c1-24(2,3)33-23(29)26-12-17(11-20(26)22(27)28)32-21-18-6-5-16(30-4)9-15(18)10-19(25-21)14-7-8-31-13-14/h5-10,13,17,20H,11-12H2,1-4H3,(H,27,28). The SMILES string of the molecule is COc1ccc2c(OC3CC(C(=O)O)N(C(=O)OC(C)(C)C)C3)nc(-c3ccoc3)cc2c1. The lowest BCUT2D eigenvalue weighted by molar-refractivity contribution is -0.142. The molecule has 1 fully saturated rings. The zero-order valence-corrected chi connectivity index (χ0v) is 18.9. The van der Waals surface area contributed by atoms with Crippen molar-refractivity contribution in [3.63, 3.8) is 0 Å². The van der Waals surface area contributed by atoms with Crippen LogP contribution in [-0.4, -0.2) is 58.5 Å². The molecule has 0 spiro atoms. The molecule has 1 aliphatic heterocycles. The molecule has 0 saturated carbocycles. The molecule has 3 aromatic rings. The second-order valence-corrected chi connectivity index (χ2v) is 8.87. The first-order chi connectivity index (χ1) is 15.6. The zero-order valence-electron chi connectivity index (χ0n) is 18.9. The molecule has 0 aliphatic carbocycles. The van der Waals surface area contributed by atoms with E-state index in [1.807, 2.05) is 18.2 Å². The minimum Gasteiger partial charge on any atom is -0.497 e. The van der Waals surface area contributed by atoms with Gasteiger partial charge in [0.2, 0.25) is 5.88 Å². The summed E-state index contributed by atoms with van der Waals surface area (Å²) in [5.41, 5.74) is 0.667. The van der Waals surface area contributed by atoms with Gasteiger partial charge < -0.3 is 23.7 Å². The summed E-state index contributed by atoms with van der Waals surface area (Å²) in [6, 6.07) is 8.15. The molecule has 0 bridgehead atoms. The van der Waals surface area contributed by atoms with E-state index >= 15 is 0 Å². The van der Waals surface area contributed by atoms with Gasteiger partial charge in [-0.3, -0.25) is 4.90 Å². The van der Waals surface area contributed by atoms with Crippen molar-refractivity contribution in [1.29, 1.82) is 0 Å². The minimum absolute atomic E-state index is 0.0706. The van der Waals surface area contributed by atoms with Crippen molar-refractivity contribution in [3.8, 4) is 22.9 Å². The number of aliphatic carboxylic acids is 1. The summed E-state index contributed by atoms with van der Waals surface area (Å²) in [7, 11) is 1.59. The first-order valence-electron chi connectivity index (χ1n) is 10.5. The molecular formula is C24H26N2O7. The average molecular weight is 454 g/mol. The number of carbonyl (C=O) groups excluding carboxylic acids is 1. The van der Waals surface area contributed by atoms with Crippen molar-refractivity contribution in [2.45, 2.75) is 44.9 Å². The largest absolute Gasteiger partial charge is 0.497 e. The lowest BCUT2D eigenvalue weighted by Gasteiger charge is -2.26. The summed E-state index contributed by atoms with van der Waals surface area (Å²) in [4.78, 5) is 30.3. The monoisotopic (exact) mass is 454 g/mol. The van der Waals surface area contributed by atoms with E-state index in [-0.39, 0.29) is 13.0 Å². The number of benzene rings is 1. The molecular weight excluding hydrogens is 428 g/mol. The molecule has 2 unspecified atom stereocenters. The summed E-state index contributed by atoms with van der Waals surface area (Å²) in [6.45, 7) is 5.27. The number of amides is 1. The number of pyridine rings is 1. The number of ether oxygens (including phenoxy) is 3.